The maximum absolute atomic E-state index is 3.32. The Morgan fingerprint density at radius 3 is 2.69 bits per heavy atom. The predicted molar refractivity (Wildman–Crippen MR) is 56.1 cm³/mol. The van der Waals surface area contributed by atoms with Crippen molar-refractivity contribution in [2.75, 3.05) is 25.0 Å². The molecule has 1 aromatic rings. The van der Waals surface area contributed by atoms with E-state index in [1.54, 1.807) is 0 Å². The molecule has 0 aliphatic carbocycles. The SMILES string of the molecule is CN[C@@H]1CCN(c2ccccc2)C1. The fraction of sp³-hybridized carbons (Fsp3) is 0.455. The van der Waals surface area contributed by atoms with Gasteiger partial charge in [-0.15, -0.1) is 0 Å². The van der Waals surface area contributed by atoms with Gasteiger partial charge in [0.2, 0.25) is 0 Å². The number of benzene rings is 1. The summed E-state index contributed by atoms with van der Waals surface area (Å²) >= 11 is 0. The van der Waals surface area contributed by atoms with Crippen molar-refractivity contribution in [3.63, 3.8) is 0 Å². The molecule has 1 aliphatic heterocycles. The molecular formula is C11H16N2. The topological polar surface area (TPSA) is 15.3 Å². The zero-order valence-corrected chi connectivity index (χ0v) is 8.03. The Hall–Kier alpha value is -1.02. The van der Waals surface area contributed by atoms with Crippen molar-refractivity contribution < 1.29 is 0 Å². The van der Waals surface area contributed by atoms with Crippen LogP contribution in [0.3, 0.4) is 0 Å². The first-order chi connectivity index (χ1) is 6.40. The molecule has 70 valence electrons. The molecule has 1 N–H and O–H groups in total. The van der Waals surface area contributed by atoms with Crippen LogP contribution in [0.1, 0.15) is 6.42 Å². The molecule has 0 bridgehead atoms. The van der Waals surface area contributed by atoms with E-state index in [9.17, 15) is 0 Å². The van der Waals surface area contributed by atoms with Crippen LogP contribution in [-0.2, 0) is 0 Å². The molecule has 1 atom stereocenters. The van der Waals surface area contributed by atoms with Gasteiger partial charge >= 0.3 is 0 Å². The second-order valence-corrected chi connectivity index (χ2v) is 3.56. The lowest BCUT2D eigenvalue weighted by Gasteiger charge is -2.18. The van der Waals surface area contributed by atoms with E-state index < -0.39 is 0 Å². The van der Waals surface area contributed by atoms with Gasteiger partial charge < -0.3 is 10.2 Å². The fourth-order valence-corrected chi connectivity index (χ4v) is 1.87. The molecule has 0 saturated carbocycles. The third-order valence-electron chi connectivity index (χ3n) is 2.72. The smallest absolute Gasteiger partial charge is 0.0366 e. The Kier molecular flexibility index (Phi) is 2.50. The summed E-state index contributed by atoms with van der Waals surface area (Å²) < 4.78 is 0. The minimum Gasteiger partial charge on any atom is -0.370 e. The van der Waals surface area contributed by atoms with Gasteiger partial charge in [-0.1, -0.05) is 18.2 Å². The molecule has 1 heterocycles. The normalized spacial score (nSPS) is 22.2. The van der Waals surface area contributed by atoms with Crippen LogP contribution in [0.2, 0.25) is 0 Å². The van der Waals surface area contributed by atoms with Crippen molar-refractivity contribution in [2.45, 2.75) is 12.5 Å². The van der Waals surface area contributed by atoms with Crippen LogP contribution >= 0.6 is 0 Å². The van der Waals surface area contributed by atoms with Gasteiger partial charge in [-0.3, -0.25) is 0 Å². The molecule has 0 radical (unpaired) electrons. The lowest BCUT2D eigenvalue weighted by molar-refractivity contribution is 0.617. The lowest BCUT2D eigenvalue weighted by Crippen LogP contribution is -2.29. The van der Waals surface area contributed by atoms with E-state index >= 15 is 0 Å². The molecule has 0 amide bonds. The number of nitrogens with zero attached hydrogens (tertiary/aromatic N) is 1. The van der Waals surface area contributed by atoms with Crippen molar-refractivity contribution >= 4 is 5.69 Å². The Bertz CT molecular complexity index is 258. The largest absolute Gasteiger partial charge is 0.370 e. The number of likely N-dealkylation sites (N-methyl/N-ethyl adjacent to an activating group) is 1. The van der Waals surface area contributed by atoms with Crippen molar-refractivity contribution in [1.82, 2.24) is 5.32 Å². The number of para-hydroxylation sites is 1. The standard InChI is InChI=1S/C11H16N2/c1-12-10-7-8-13(9-10)11-5-3-2-4-6-11/h2-6,10,12H,7-9H2,1H3/t10-/m1/s1. The van der Waals surface area contributed by atoms with Gasteiger partial charge in [-0.05, 0) is 25.6 Å². The lowest BCUT2D eigenvalue weighted by atomic mass is 10.3. The van der Waals surface area contributed by atoms with E-state index in [-0.39, 0.29) is 0 Å². The fourth-order valence-electron chi connectivity index (χ4n) is 1.87. The van der Waals surface area contributed by atoms with Gasteiger partial charge in [-0.25, -0.2) is 0 Å². The Morgan fingerprint density at radius 2 is 2.08 bits per heavy atom. The van der Waals surface area contributed by atoms with Gasteiger partial charge in [0, 0.05) is 24.8 Å². The first-order valence-corrected chi connectivity index (χ1v) is 4.87. The van der Waals surface area contributed by atoms with Crippen LogP contribution in [0.5, 0.6) is 0 Å². The van der Waals surface area contributed by atoms with E-state index in [2.05, 4.69) is 40.5 Å². The zero-order chi connectivity index (χ0) is 9.10. The highest BCUT2D eigenvalue weighted by atomic mass is 15.2. The molecule has 1 aromatic carbocycles. The van der Waals surface area contributed by atoms with Crippen molar-refractivity contribution in [1.29, 1.82) is 0 Å². The molecule has 1 aliphatic rings. The van der Waals surface area contributed by atoms with Gasteiger partial charge in [0.15, 0.2) is 0 Å². The summed E-state index contributed by atoms with van der Waals surface area (Å²) in [7, 11) is 2.04. The molecule has 1 saturated heterocycles. The van der Waals surface area contributed by atoms with E-state index in [0.29, 0.717) is 6.04 Å². The van der Waals surface area contributed by atoms with Crippen LogP contribution in [0.15, 0.2) is 30.3 Å². The molecule has 0 spiro atoms. The molecule has 2 nitrogen and oxygen atoms in total. The summed E-state index contributed by atoms with van der Waals surface area (Å²) in [6, 6.07) is 11.3. The third kappa shape index (κ3) is 1.83. The first kappa shape index (κ1) is 8.57. The minimum atomic E-state index is 0.667. The van der Waals surface area contributed by atoms with Crippen molar-refractivity contribution in [3.05, 3.63) is 30.3 Å². The number of anilines is 1. The van der Waals surface area contributed by atoms with Crippen LogP contribution in [0.25, 0.3) is 0 Å². The number of rotatable bonds is 2. The third-order valence-corrected chi connectivity index (χ3v) is 2.72. The summed E-state index contributed by atoms with van der Waals surface area (Å²) in [6.07, 6.45) is 1.26. The summed E-state index contributed by atoms with van der Waals surface area (Å²) in [5.74, 6) is 0. The first-order valence-electron chi connectivity index (χ1n) is 4.87. The van der Waals surface area contributed by atoms with Gasteiger partial charge in [-0.2, -0.15) is 0 Å². The molecule has 1 fully saturated rings. The van der Waals surface area contributed by atoms with Gasteiger partial charge in [0.1, 0.15) is 0 Å². The average molecular weight is 176 g/mol. The molecular weight excluding hydrogens is 160 g/mol. The maximum atomic E-state index is 3.32. The molecule has 0 unspecified atom stereocenters. The second-order valence-electron chi connectivity index (χ2n) is 3.56. The van der Waals surface area contributed by atoms with Crippen molar-refractivity contribution in [3.8, 4) is 0 Å². The Balaban J connectivity index is 2.04. The average Bonchev–Trinajstić information content (AvgIpc) is 2.67. The quantitative estimate of drug-likeness (QED) is 0.734. The van der Waals surface area contributed by atoms with Crippen molar-refractivity contribution in [2.24, 2.45) is 0 Å². The van der Waals surface area contributed by atoms with Gasteiger partial charge in [0.05, 0.1) is 0 Å². The Morgan fingerprint density at radius 1 is 1.31 bits per heavy atom. The highest BCUT2D eigenvalue weighted by Gasteiger charge is 2.20. The van der Waals surface area contributed by atoms with Crippen LogP contribution in [0, 0.1) is 0 Å². The van der Waals surface area contributed by atoms with Crippen LogP contribution in [0.4, 0.5) is 5.69 Å². The van der Waals surface area contributed by atoms with E-state index in [0.717, 1.165) is 6.54 Å². The second kappa shape index (κ2) is 3.79. The summed E-state index contributed by atoms with van der Waals surface area (Å²) in [4.78, 5) is 2.43. The summed E-state index contributed by atoms with van der Waals surface area (Å²) in [5.41, 5.74) is 1.35. The highest BCUT2D eigenvalue weighted by molar-refractivity contribution is 5.47. The van der Waals surface area contributed by atoms with E-state index in [1.807, 2.05) is 7.05 Å². The monoisotopic (exact) mass is 176 g/mol. The molecule has 2 rings (SSSR count). The van der Waals surface area contributed by atoms with E-state index in [1.165, 1.54) is 18.7 Å². The number of nitrogens with one attached hydrogen (secondary N) is 1. The van der Waals surface area contributed by atoms with Crippen LogP contribution < -0.4 is 10.2 Å². The summed E-state index contributed by atoms with van der Waals surface area (Å²) in [5, 5.41) is 3.32. The summed E-state index contributed by atoms with van der Waals surface area (Å²) in [6.45, 7) is 2.32. The number of hydrogen-bond donors (Lipinski definition) is 1. The number of hydrogen-bond acceptors (Lipinski definition) is 2. The van der Waals surface area contributed by atoms with Crippen LogP contribution in [-0.4, -0.2) is 26.2 Å². The maximum Gasteiger partial charge on any atom is 0.0366 e. The molecule has 13 heavy (non-hydrogen) atoms. The zero-order valence-electron chi connectivity index (χ0n) is 8.03. The minimum absolute atomic E-state index is 0.667. The molecule has 2 heteroatoms. The Labute approximate surface area is 79.6 Å². The highest BCUT2D eigenvalue weighted by Crippen LogP contribution is 2.19. The predicted octanol–water partition coefficient (Wildman–Crippen LogP) is 1.48. The van der Waals surface area contributed by atoms with Gasteiger partial charge in [0.25, 0.3) is 0 Å². The molecule has 0 aromatic heterocycles. The van der Waals surface area contributed by atoms with E-state index in [4.69, 9.17) is 0 Å².